The first-order valence-corrected chi connectivity index (χ1v) is 8.08. The molecule has 0 aliphatic carbocycles. The van der Waals surface area contributed by atoms with Crippen LogP contribution in [0.5, 0.6) is 5.75 Å². The first-order chi connectivity index (χ1) is 12.2. The van der Waals surface area contributed by atoms with E-state index in [-0.39, 0.29) is 0 Å². The Morgan fingerprint density at radius 1 is 0.920 bits per heavy atom. The molecule has 0 saturated heterocycles. The Morgan fingerprint density at radius 2 is 1.64 bits per heavy atom. The van der Waals surface area contributed by atoms with E-state index in [1.807, 2.05) is 49.4 Å². The molecule has 3 aromatic rings. The number of benzene rings is 3. The number of allylic oxidation sites excluding steroid dienone is 1. The molecule has 2 nitrogen and oxygen atoms in total. The summed E-state index contributed by atoms with van der Waals surface area (Å²) in [4.78, 5) is 0. The topological polar surface area (TPSA) is 18.5 Å². The van der Waals surface area contributed by atoms with Crippen molar-refractivity contribution < 1.29 is 9.47 Å². The highest BCUT2D eigenvalue weighted by molar-refractivity contribution is 6.01. The highest BCUT2D eigenvalue weighted by atomic mass is 16.5. The van der Waals surface area contributed by atoms with Crippen molar-refractivity contribution in [1.82, 2.24) is 0 Å². The average Bonchev–Trinajstić information content (AvgIpc) is 2.68. The minimum Gasteiger partial charge on any atom is -0.501 e. The van der Waals surface area contributed by atoms with Crippen LogP contribution in [0.15, 0.2) is 66.4 Å². The van der Waals surface area contributed by atoms with Gasteiger partial charge in [0, 0.05) is 22.3 Å². The highest BCUT2D eigenvalue weighted by Gasteiger charge is 2.19. The van der Waals surface area contributed by atoms with Crippen LogP contribution in [-0.4, -0.2) is 14.2 Å². The summed E-state index contributed by atoms with van der Waals surface area (Å²) >= 11 is 0. The van der Waals surface area contributed by atoms with Crippen LogP contribution in [0.3, 0.4) is 0 Å². The van der Waals surface area contributed by atoms with E-state index in [9.17, 15) is 0 Å². The molecule has 0 bridgehead atoms. The third-order valence-corrected chi connectivity index (χ3v) is 4.37. The number of methoxy groups -OCH3 is 2. The average molecular weight is 328 g/mol. The molecular formula is C23H20O2. The fourth-order valence-corrected chi connectivity index (χ4v) is 3.11. The van der Waals surface area contributed by atoms with Gasteiger partial charge in [0.1, 0.15) is 11.5 Å². The van der Waals surface area contributed by atoms with Gasteiger partial charge in [0.25, 0.3) is 0 Å². The summed E-state index contributed by atoms with van der Waals surface area (Å²) in [6.45, 7) is 1.95. The van der Waals surface area contributed by atoms with Gasteiger partial charge in [-0.05, 0) is 29.8 Å². The summed E-state index contributed by atoms with van der Waals surface area (Å²) in [7, 11) is 3.35. The summed E-state index contributed by atoms with van der Waals surface area (Å²) in [5.41, 5.74) is 3.72. The van der Waals surface area contributed by atoms with Gasteiger partial charge in [-0.15, -0.1) is 6.42 Å². The Kier molecular flexibility index (Phi) is 4.77. The molecule has 2 heteroatoms. The zero-order chi connectivity index (χ0) is 17.8. The quantitative estimate of drug-likeness (QED) is 0.481. The van der Waals surface area contributed by atoms with Crippen LogP contribution in [0.1, 0.15) is 23.6 Å². The summed E-state index contributed by atoms with van der Waals surface area (Å²) in [5.74, 6) is 4.36. The van der Waals surface area contributed by atoms with Gasteiger partial charge in [-0.1, -0.05) is 54.5 Å². The van der Waals surface area contributed by atoms with Crippen LogP contribution in [0.4, 0.5) is 0 Å². The molecule has 0 radical (unpaired) electrons. The van der Waals surface area contributed by atoms with Crippen molar-refractivity contribution in [2.45, 2.75) is 6.92 Å². The zero-order valence-electron chi connectivity index (χ0n) is 14.7. The minimum atomic E-state index is 0.789. The molecule has 0 saturated carbocycles. The van der Waals surface area contributed by atoms with E-state index in [1.54, 1.807) is 14.2 Å². The van der Waals surface area contributed by atoms with E-state index in [4.69, 9.17) is 15.9 Å². The second kappa shape index (κ2) is 7.15. The lowest BCUT2D eigenvalue weighted by atomic mass is 9.89. The van der Waals surface area contributed by atoms with Gasteiger partial charge in [-0.25, -0.2) is 0 Å². The maximum Gasteiger partial charge on any atom is 0.127 e. The Hall–Kier alpha value is -3.18. The standard InChI is InChI=1S/C23H20O2/c1-5-17-10-6-8-12-19(17)22(16(2)24-3)23-20-13-9-7-11-18(20)14-15-21(23)25-4/h1,6-15H,2-4H3/b22-16-. The number of ether oxygens (including phenoxy) is 2. The van der Waals surface area contributed by atoms with Crippen LogP contribution in [-0.2, 0) is 4.74 Å². The second-order valence-electron chi connectivity index (χ2n) is 5.69. The summed E-state index contributed by atoms with van der Waals surface area (Å²) in [6.07, 6.45) is 5.75. The molecule has 0 aliphatic rings. The van der Waals surface area contributed by atoms with Crippen molar-refractivity contribution in [3.63, 3.8) is 0 Å². The van der Waals surface area contributed by atoms with Crippen LogP contribution in [0, 0.1) is 12.3 Å². The van der Waals surface area contributed by atoms with Crippen LogP contribution in [0.25, 0.3) is 16.3 Å². The maximum atomic E-state index is 5.75. The van der Waals surface area contributed by atoms with Crippen molar-refractivity contribution in [3.8, 4) is 18.1 Å². The predicted molar refractivity (Wildman–Crippen MR) is 104 cm³/mol. The first kappa shape index (κ1) is 16.7. The zero-order valence-corrected chi connectivity index (χ0v) is 14.7. The fourth-order valence-electron chi connectivity index (χ4n) is 3.11. The van der Waals surface area contributed by atoms with Gasteiger partial charge >= 0.3 is 0 Å². The summed E-state index contributed by atoms with van der Waals surface area (Å²) in [5, 5.41) is 2.23. The number of terminal acetylenes is 1. The molecule has 0 fully saturated rings. The summed E-state index contributed by atoms with van der Waals surface area (Å²) in [6, 6.07) is 20.2. The smallest absolute Gasteiger partial charge is 0.127 e. The normalized spacial score (nSPS) is 11.6. The molecule has 0 spiro atoms. The molecular weight excluding hydrogens is 308 g/mol. The number of rotatable bonds is 4. The molecule has 124 valence electrons. The van der Waals surface area contributed by atoms with Gasteiger partial charge < -0.3 is 9.47 Å². The monoisotopic (exact) mass is 328 g/mol. The second-order valence-corrected chi connectivity index (χ2v) is 5.69. The molecule has 0 unspecified atom stereocenters. The lowest BCUT2D eigenvalue weighted by molar-refractivity contribution is 0.296. The largest absolute Gasteiger partial charge is 0.501 e. The van der Waals surface area contributed by atoms with Gasteiger partial charge in [0.2, 0.25) is 0 Å². The lowest BCUT2D eigenvalue weighted by Gasteiger charge is -2.19. The molecule has 0 amide bonds. The Morgan fingerprint density at radius 3 is 2.36 bits per heavy atom. The maximum absolute atomic E-state index is 5.75. The van der Waals surface area contributed by atoms with E-state index in [0.29, 0.717) is 0 Å². The molecule has 0 heterocycles. The van der Waals surface area contributed by atoms with Gasteiger partial charge in [0.15, 0.2) is 0 Å². The molecule has 3 rings (SSSR count). The van der Waals surface area contributed by atoms with Crippen molar-refractivity contribution in [2.24, 2.45) is 0 Å². The predicted octanol–water partition coefficient (Wildman–Crippen LogP) is 5.26. The molecule has 0 aromatic heterocycles. The summed E-state index contributed by atoms with van der Waals surface area (Å²) < 4.78 is 11.3. The Labute approximate surface area is 148 Å². The van der Waals surface area contributed by atoms with Crippen molar-refractivity contribution >= 4 is 16.3 Å². The highest BCUT2D eigenvalue weighted by Crippen LogP contribution is 2.39. The van der Waals surface area contributed by atoms with E-state index in [1.165, 1.54) is 0 Å². The van der Waals surface area contributed by atoms with E-state index < -0.39 is 0 Å². The number of hydrogen-bond acceptors (Lipinski definition) is 2. The van der Waals surface area contributed by atoms with E-state index in [2.05, 4.69) is 24.1 Å². The van der Waals surface area contributed by atoms with Crippen molar-refractivity contribution in [3.05, 3.63) is 83.1 Å². The van der Waals surface area contributed by atoms with Gasteiger partial charge in [-0.2, -0.15) is 0 Å². The van der Waals surface area contributed by atoms with Gasteiger partial charge in [-0.3, -0.25) is 0 Å². The third-order valence-electron chi connectivity index (χ3n) is 4.37. The van der Waals surface area contributed by atoms with E-state index >= 15 is 0 Å². The SMILES string of the molecule is C#Cc1ccccc1/C(=C(\C)OC)c1c(OC)ccc2ccccc12. The molecule has 0 atom stereocenters. The number of hydrogen-bond donors (Lipinski definition) is 0. The fraction of sp³-hybridized carbons (Fsp3) is 0.130. The Balaban J connectivity index is 2.45. The van der Waals surface area contributed by atoms with Crippen LogP contribution < -0.4 is 4.74 Å². The van der Waals surface area contributed by atoms with Crippen LogP contribution in [0.2, 0.25) is 0 Å². The van der Waals surface area contributed by atoms with Gasteiger partial charge in [0.05, 0.1) is 14.2 Å². The minimum absolute atomic E-state index is 0.789. The lowest BCUT2D eigenvalue weighted by Crippen LogP contribution is -2.01. The van der Waals surface area contributed by atoms with E-state index in [0.717, 1.165) is 44.5 Å². The van der Waals surface area contributed by atoms with Crippen LogP contribution >= 0.6 is 0 Å². The first-order valence-electron chi connectivity index (χ1n) is 8.08. The molecule has 3 aromatic carbocycles. The molecule has 0 aliphatic heterocycles. The Bertz CT molecular complexity index is 990. The van der Waals surface area contributed by atoms with Crippen molar-refractivity contribution in [1.29, 1.82) is 0 Å². The number of fused-ring (bicyclic) bond motifs is 1. The van der Waals surface area contributed by atoms with Crippen molar-refractivity contribution in [2.75, 3.05) is 14.2 Å². The third kappa shape index (κ3) is 2.97. The molecule has 25 heavy (non-hydrogen) atoms. The molecule has 0 N–H and O–H groups in total.